The predicted octanol–water partition coefficient (Wildman–Crippen LogP) is 2.27. The molecule has 4 nitrogen and oxygen atoms in total. The van der Waals surface area contributed by atoms with Crippen molar-refractivity contribution in [3.63, 3.8) is 0 Å². The summed E-state index contributed by atoms with van der Waals surface area (Å²) >= 11 is 0. The van der Waals surface area contributed by atoms with Gasteiger partial charge in [0, 0.05) is 11.8 Å². The quantitative estimate of drug-likeness (QED) is 0.767. The summed E-state index contributed by atoms with van der Waals surface area (Å²) < 4.78 is 5.33. The number of rotatable bonds is 3. The largest absolute Gasteiger partial charge is 0.508 e. The van der Waals surface area contributed by atoms with Gasteiger partial charge >= 0.3 is 0 Å². The Balaban J connectivity index is 3.11. The van der Waals surface area contributed by atoms with Gasteiger partial charge in [-0.1, -0.05) is 6.58 Å². The van der Waals surface area contributed by atoms with Gasteiger partial charge in [0.2, 0.25) is 5.88 Å². The summed E-state index contributed by atoms with van der Waals surface area (Å²) in [6.45, 7) is 7.05. The lowest BCUT2D eigenvalue weighted by Crippen LogP contribution is -2.08. The lowest BCUT2D eigenvalue weighted by atomic mass is 10.2. The summed E-state index contributed by atoms with van der Waals surface area (Å²) in [4.78, 5) is 3.95. The molecule has 0 spiro atoms. The Morgan fingerprint density at radius 3 is 2.80 bits per heavy atom. The van der Waals surface area contributed by atoms with Crippen molar-refractivity contribution < 1.29 is 9.84 Å². The minimum absolute atomic E-state index is 0.0484. The van der Waals surface area contributed by atoms with Crippen LogP contribution in [0.25, 0.3) is 5.76 Å². The van der Waals surface area contributed by atoms with Gasteiger partial charge in [-0.15, -0.1) is 0 Å². The first-order valence-corrected chi connectivity index (χ1v) is 4.49. The highest BCUT2D eigenvalue weighted by molar-refractivity contribution is 5.58. The molecule has 0 unspecified atom stereocenters. The molecule has 0 fully saturated rings. The van der Waals surface area contributed by atoms with Crippen LogP contribution in [0.4, 0.5) is 0 Å². The number of ether oxygens (including phenoxy) is 1. The molecule has 0 amide bonds. The number of aliphatic hydroxyl groups excluding tert-OH is 1. The maximum atomic E-state index is 9.13. The molecule has 0 saturated heterocycles. The van der Waals surface area contributed by atoms with Crippen molar-refractivity contribution in [2.24, 2.45) is 0 Å². The van der Waals surface area contributed by atoms with Crippen molar-refractivity contribution >= 4 is 5.76 Å². The number of aliphatic hydroxyl groups is 1. The van der Waals surface area contributed by atoms with E-state index in [0.29, 0.717) is 5.56 Å². The highest BCUT2D eigenvalue weighted by Crippen LogP contribution is 2.19. The van der Waals surface area contributed by atoms with Crippen LogP contribution < -0.4 is 4.74 Å². The lowest BCUT2D eigenvalue weighted by molar-refractivity contribution is 0.232. The van der Waals surface area contributed by atoms with E-state index < -0.39 is 0 Å². The number of aromatic nitrogens is 1. The standard InChI is InChI=1S/C11H12N2O2/c1-7(2)15-11-9(5-12)4-10(6-13-11)8(3)14/h4,6-7,14H,3H2,1-2H3. The van der Waals surface area contributed by atoms with Crippen LogP contribution in [-0.2, 0) is 0 Å². The Labute approximate surface area is 88.5 Å². The summed E-state index contributed by atoms with van der Waals surface area (Å²) in [5.74, 6) is 0.160. The molecule has 0 aliphatic heterocycles. The Kier molecular flexibility index (Phi) is 3.29. The lowest BCUT2D eigenvalue weighted by Gasteiger charge is -2.10. The van der Waals surface area contributed by atoms with E-state index in [2.05, 4.69) is 11.6 Å². The summed E-state index contributed by atoms with van der Waals surface area (Å²) in [6.07, 6.45) is 1.37. The third kappa shape index (κ3) is 2.71. The van der Waals surface area contributed by atoms with E-state index in [1.54, 1.807) is 0 Å². The number of hydrogen-bond donors (Lipinski definition) is 1. The van der Waals surface area contributed by atoms with Crippen LogP contribution in [0.15, 0.2) is 18.8 Å². The van der Waals surface area contributed by atoms with Crippen LogP contribution in [0.1, 0.15) is 25.0 Å². The first-order chi connectivity index (χ1) is 7.04. The third-order valence-corrected chi connectivity index (χ3v) is 1.65. The number of nitriles is 1. The highest BCUT2D eigenvalue weighted by Gasteiger charge is 2.09. The van der Waals surface area contributed by atoms with Gasteiger partial charge in [0.1, 0.15) is 17.4 Å². The molecule has 1 heterocycles. The molecular formula is C11H12N2O2. The monoisotopic (exact) mass is 204 g/mol. The van der Waals surface area contributed by atoms with Crippen molar-refractivity contribution in [1.82, 2.24) is 4.98 Å². The zero-order valence-electron chi connectivity index (χ0n) is 8.69. The number of pyridine rings is 1. The van der Waals surface area contributed by atoms with E-state index in [9.17, 15) is 0 Å². The molecule has 4 heteroatoms. The molecule has 0 aliphatic rings. The Hall–Kier alpha value is -2.02. The topological polar surface area (TPSA) is 66.1 Å². The van der Waals surface area contributed by atoms with E-state index in [-0.39, 0.29) is 23.3 Å². The fraction of sp³-hybridized carbons (Fsp3) is 0.273. The maximum Gasteiger partial charge on any atom is 0.231 e. The van der Waals surface area contributed by atoms with Gasteiger partial charge in [-0.05, 0) is 19.9 Å². The molecule has 0 radical (unpaired) electrons. The third-order valence-electron chi connectivity index (χ3n) is 1.65. The summed E-state index contributed by atoms with van der Waals surface area (Å²) in [5.41, 5.74) is 0.707. The van der Waals surface area contributed by atoms with Crippen molar-refractivity contribution in [2.75, 3.05) is 0 Å². The number of hydrogen-bond acceptors (Lipinski definition) is 4. The minimum Gasteiger partial charge on any atom is -0.508 e. The normalized spacial score (nSPS) is 9.73. The van der Waals surface area contributed by atoms with Gasteiger partial charge in [0.05, 0.1) is 6.10 Å². The van der Waals surface area contributed by atoms with E-state index in [1.807, 2.05) is 19.9 Å². The SMILES string of the molecule is C=C(O)c1cnc(OC(C)C)c(C#N)c1. The van der Waals surface area contributed by atoms with Gasteiger partial charge in [0.15, 0.2) is 0 Å². The first-order valence-electron chi connectivity index (χ1n) is 4.49. The van der Waals surface area contributed by atoms with Crippen molar-refractivity contribution in [1.29, 1.82) is 5.26 Å². The van der Waals surface area contributed by atoms with E-state index in [1.165, 1.54) is 12.3 Å². The fourth-order valence-electron chi connectivity index (χ4n) is 1.01. The molecule has 1 aromatic heterocycles. The second-order valence-electron chi connectivity index (χ2n) is 3.30. The molecular weight excluding hydrogens is 192 g/mol. The second-order valence-corrected chi connectivity index (χ2v) is 3.30. The zero-order chi connectivity index (χ0) is 11.4. The average molecular weight is 204 g/mol. The van der Waals surface area contributed by atoms with E-state index in [4.69, 9.17) is 15.1 Å². The molecule has 78 valence electrons. The van der Waals surface area contributed by atoms with Crippen LogP contribution in [-0.4, -0.2) is 16.2 Å². The minimum atomic E-state index is -0.116. The smallest absolute Gasteiger partial charge is 0.231 e. The molecule has 0 atom stereocenters. The Bertz CT molecular complexity index is 419. The summed E-state index contributed by atoms with van der Waals surface area (Å²) in [5, 5.41) is 18.0. The Morgan fingerprint density at radius 1 is 1.67 bits per heavy atom. The Morgan fingerprint density at radius 2 is 2.33 bits per heavy atom. The summed E-state index contributed by atoms with van der Waals surface area (Å²) in [6, 6.07) is 3.45. The summed E-state index contributed by atoms with van der Waals surface area (Å²) in [7, 11) is 0. The fourth-order valence-corrected chi connectivity index (χ4v) is 1.01. The number of nitrogens with zero attached hydrogens (tertiary/aromatic N) is 2. The van der Waals surface area contributed by atoms with Crippen molar-refractivity contribution in [2.45, 2.75) is 20.0 Å². The molecule has 0 aliphatic carbocycles. The van der Waals surface area contributed by atoms with Crippen LogP contribution in [0.5, 0.6) is 5.88 Å². The van der Waals surface area contributed by atoms with Crippen molar-refractivity contribution in [3.05, 3.63) is 30.0 Å². The van der Waals surface area contributed by atoms with Gasteiger partial charge < -0.3 is 9.84 Å². The highest BCUT2D eigenvalue weighted by atomic mass is 16.5. The predicted molar refractivity (Wildman–Crippen MR) is 56.4 cm³/mol. The van der Waals surface area contributed by atoms with Crippen LogP contribution in [0.3, 0.4) is 0 Å². The molecule has 1 aromatic rings. The van der Waals surface area contributed by atoms with Crippen LogP contribution >= 0.6 is 0 Å². The second kappa shape index (κ2) is 4.47. The van der Waals surface area contributed by atoms with Gasteiger partial charge in [-0.3, -0.25) is 0 Å². The van der Waals surface area contributed by atoms with Crippen LogP contribution in [0.2, 0.25) is 0 Å². The molecule has 0 bridgehead atoms. The maximum absolute atomic E-state index is 9.13. The first kappa shape index (κ1) is 11.1. The van der Waals surface area contributed by atoms with Gasteiger partial charge in [0.25, 0.3) is 0 Å². The molecule has 0 aromatic carbocycles. The van der Waals surface area contributed by atoms with Gasteiger partial charge in [-0.2, -0.15) is 5.26 Å². The van der Waals surface area contributed by atoms with E-state index >= 15 is 0 Å². The van der Waals surface area contributed by atoms with Crippen LogP contribution in [0, 0.1) is 11.3 Å². The molecule has 1 rings (SSSR count). The molecule has 1 N–H and O–H groups in total. The molecule has 0 saturated carbocycles. The molecule has 15 heavy (non-hydrogen) atoms. The van der Waals surface area contributed by atoms with E-state index in [0.717, 1.165) is 0 Å². The zero-order valence-corrected chi connectivity index (χ0v) is 8.69. The average Bonchev–Trinajstić information content (AvgIpc) is 2.17. The van der Waals surface area contributed by atoms with Gasteiger partial charge in [-0.25, -0.2) is 4.98 Å². The van der Waals surface area contributed by atoms with Crippen molar-refractivity contribution in [3.8, 4) is 11.9 Å².